The van der Waals surface area contributed by atoms with Gasteiger partial charge in [-0.2, -0.15) is 0 Å². The fraction of sp³-hybridized carbons (Fsp3) is 0.333. The lowest BCUT2D eigenvalue weighted by Gasteiger charge is -2.15. The molecule has 154 valence electrons. The summed E-state index contributed by atoms with van der Waals surface area (Å²) < 4.78 is 5.47. The SMILES string of the molecule is NCc1ccc(C(=O)NCc2ccc(OCC(=O)N3C[C@@H](O)[C@@H](O)C3)cc2)cc1. The van der Waals surface area contributed by atoms with E-state index in [1.54, 1.807) is 36.4 Å². The summed E-state index contributed by atoms with van der Waals surface area (Å²) in [6.07, 6.45) is -1.82. The van der Waals surface area contributed by atoms with Crippen molar-refractivity contribution in [2.24, 2.45) is 5.73 Å². The van der Waals surface area contributed by atoms with Crippen LogP contribution >= 0.6 is 0 Å². The molecule has 29 heavy (non-hydrogen) atoms. The Morgan fingerprint density at radius 3 is 2.17 bits per heavy atom. The van der Waals surface area contributed by atoms with Crippen LogP contribution in [0.2, 0.25) is 0 Å². The average Bonchev–Trinajstić information content (AvgIpc) is 3.09. The van der Waals surface area contributed by atoms with Crippen molar-refractivity contribution in [2.45, 2.75) is 25.3 Å². The zero-order chi connectivity index (χ0) is 20.8. The Bertz CT molecular complexity index is 828. The largest absolute Gasteiger partial charge is 0.484 e. The van der Waals surface area contributed by atoms with E-state index in [-0.39, 0.29) is 31.5 Å². The maximum absolute atomic E-state index is 12.2. The Labute approximate surface area is 168 Å². The number of ether oxygens (including phenoxy) is 1. The molecule has 0 aliphatic carbocycles. The molecule has 2 aromatic rings. The highest BCUT2D eigenvalue weighted by atomic mass is 16.5. The fourth-order valence-corrected chi connectivity index (χ4v) is 2.99. The first-order valence-corrected chi connectivity index (χ1v) is 9.39. The third-order valence-electron chi connectivity index (χ3n) is 4.80. The molecular formula is C21H25N3O5. The minimum absolute atomic E-state index is 0.108. The molecule has 0 unspecified atom stereocenters. The van der Waals surface area contributed by atoms with Gasteiger partial charge >= 0.3 is 0 Å². The van der Waals surface area contributed by atoms with Gasteiger partial charge in [0.15, 0.2) is 6.61 Å². The van der Waals surface area contributed by atoms with E-state index in [4.69, 9.17) is 10.5 Å². The standard InChI is InChI=1S/C21H25N3O5/c22-9-14-1-5-16(6-2-14)21(28)23-10-15-3-7-17(8-4-15)29-13-20(27)24-11-18(25)19(26)12-24/h1-8,18-19,25-26H,9-13,22H2,(H,23,28)/t18-,19+. The molecule has 5 N–H and O–H groups in total. The van der Waals surface area contributed by atoms with Crippen molar-refractivity contribution in [3.63, 3.8) is 0 Å². The van der Waals surface area contributed by atoms with Crippen molar-refractivity contribution in [1.82, 2.24) is 10.2 Å². The van der Waals surface area contributed by atoms with Crippen LogP contribution in [0.5, 0.6) is 5.75 Å². The summed E-state index contributed by atoms with van der Waals surface area (Å²) >= 11 is 0. The molecule has 0 aromatic heterocycles. The van der Waals surface area contributed by atoms with Gasteiger partial charge < -0.3 is 30.9 Å². The Kier molecular flexibility index (Phi) is 6.82. The van der Waals surface area contributed by atoms with Gasteiger partial charge in [0.1, 0.15) is 5.75 Å². The molecule has 1 saturated heterocycles. The van der Waals surface area contributed by atoms with Crippen molar-refractivity contribution in [3.05, 3.63) is 65.2 Å². The molecule has 1 fully saturated rings. The van der Waals surface area contributed by atoms with Gasteiger partial charge in [0.05, 0.1) is 12.2 Å². The molecule has 1 aliphatic heterocycles. The summed E-state index contributed by atoms with van der Waals surface area (Å²) in [5, 5.41) is 21.8. The normalized spacial score (nSPS) is 18.5. The number of likely N-dealkylation sites (tertiary alicyclic amines) is 1. The van der Waals surface area contributed by atoms with Gasteiger partial charge in [0.2, 0.25) is 0 Å². The molecule has 8 nitrogen and oxygen atoms in total. The molecular weight excluding hydrogens is 374 g/mol. The first-order chi connectivity index (χ1) is 14.0. The Hall–Kier alpha value is -2.94. The number of carbonyl (C=O) groups is 2. The van der Waals surface area contributed by atoms with Crippen LogP contribution in [0, 0.1) is 0 Å². The first-order valence-electron chi connectivity index (χ1n) is 9.39. The lowest BCUT2D eigenvalue weighted by Crippen LogP contribution is -2.33. The zero-order valence-corrected chi connectivity index (χ0v) is 16.0. The number of nitrogens with one attached hydrogen (secondary N) is 1. The molecule has 2 atom stereocenters. The molecule has 3 rings (SSSR count). The van der Waals surface area contributed by atoms with Crippen molar-refractivity contribution in [2.75, 3.05) is 19.7 Å². The first kappa shape index (κ1) is 20.8. The van der Waals surface area contributed by atoms with Crippen LogP contribution in [0.4, 0.5) is 0 Å². The lowest BCUT2D eigenvalue weighted by atomic mass is 10.1. The van der Waals surface area contributed by atoms with Gasteiger partial charge in [0, 0.05) is 31.7 Å². The Balaban J connectivity index is 1.45. The maximum Gasteiger partial charge on any atom is 0.260 e. The highest BCUT2D eigenvalue weighted by molar-refractivity contribution is 5.94. The van der Waals surface area contributed by atoms with Crippen LogP contribution in [0.15, 0.2) is 48.5 Å². The average molecular weight is 399 g/mol. The number of aliphatic hydroxyl groups excluding tert-OH is 2. The lowest BCUT2D eigenvalue weighted by molar-refractivity contribution is -0.132. The highest BCUT2D eigenvalue weighted by Crippen LogP contribution is 2.14. The molecule has 0 bridgehead atoms. The number of aliphatic hydroxyl groups is 2. The van der Waals surface area contributed by atoms with E-state index in [2.05, 4.69) is 5.32 Å². The van der Waals surface area contributed by atoms with E-state index in [0.717, 1.165) is 11.1 Å². The van der Waals surface area contributed by atoms with Gasteiger partial charge in [-0.25, -0.2) is 0 Å². The van der Waals surface area contributed by atoms with Gasteiger partial charge in [-0.15, -0.1) is 0 Å². The number of carbonyl (C=O) groups excluding carboxylic acids is 2. The molecule has 2 aromatic carbocycles. The molecule has 1 heterocycles. The van der Waals surface area contributed by atoms with Crippen LogP contribution in [0.25, 0.3) is 0 Å². The molecule has 8 heteroatoms. The number of hydrogen-bond acceptors (Lipinski definition) is 6. The van der Waals surface area contributed by atoms with Crippen molar-refractivity contribution < 1.29 is 24.5 Å². The van der Waals surface area contributed by atoms with Crippen LogP contribution in [0.3, 0.4) is 0 Å². The van der Waals surface area contributed by atoms with E-state index in [1.807, 2.05) is 12.1 Å². The van der Waals surface area contributed by atoms with Gasteiger partial charge in [-0.3, -0.25) is 9.59 Å². The molecule has 0 radical (unpaired) electrons. The summed E-state index contributed by atoms with van der Waals surface area (Å²) in [6.45, 7) is 0.840. The van der Waals surface area contributed by atoms with E-state index in [9.17, 15) is 19.8 Å². The van der Waals surface area contributed by atoms with Crippen molar-refractivity contribution >= 4 is 11.8 Å². The topological polar surface area (TPSA) is 125 Å². The Morgan fingerprint density at radius 1 is 1.00 bits per heavy atom. The van der Waals surface area contributed by atoms with E-state index in [1.165, 1.54) is 4.90 Å². The predicted molar refractivity (Wildman–Crippen MR) is 106 cm³/mol. The summed E-state index contributed by atoms with van der Waals surface area (Å²) in [7, 11) is 0. The second-order valence-electron chi connectivity index (χ2n) is 6.95. The van der Waals surface area contributed by atoms with Gasteiger partial charge in [-0.1, -0.05) is 24.3 Å². The number of hydrogen-bond donors (Lipinski definition) is 4. The van der Waals surface area contributed by atoms with Crippen LogP contribution < -0.4 is 15.8 Å². The zero-order valence-electron chi connectivity index (χ0n) is 16.0. The summed E-state index contributed by atoms with van der Waals surface area (Å²) in [6, 6.07) is 14.2. The smallest absolute Gasteiger partial charge is 0.260 e. The van der Waals surface area contributed by atoms with Gasteiger partial charge in [-0.05, 0) is 35.4 Å². The summed E-state index contributed by atoms with van der Waals surface area (Å²) in [5.74, 6) is 0.0539. The van der Waals surface area contributed by atoms with E-state index in [0.29, 0.717) is 24.4 Å². The molecule has 0 spiro atoms. The summed E-state index contributed by atoms with van der Waals surface area (Å²) in [4.78, 5) is 25.6. The Morgan fingerprint density at radius 2 is 1.59 bits per heavy atom. The number of β-amino-alcohol motifs (C(OH)–C–C–N with tert-alkyl or cyclic N) is 2. The monoisotopic (exact) mass is 399 g/mol. The molecule has 1 aliphatic rings. The number of rotatable bonds is 7. The minimum Gasteiger partial charge on any atom is -0.484 e. The van der Waals surface area contributed by atoms with Crippen LogP contribution in [-0.2, 0) is 17.9 Å². The minimum atomic E-state index is -0.910. The van der Waals surface area contributed by atoms with Gasteiger partial charge in [0.25, 0.3) is 11.8 Å². The maximum atomic E-state index is 12.2. The fourth-order valence-electron chi connectivity index (χ4n) is 2.99. The third-order valence-corrected chi connectivity index (χ3v) is 4.80. The van der Waals surface area contributed by atoms with Crippen molar-refractivity contribution in [3.8, 4) is 5.75 Å². The second kappa shape index (κ2) is 9.51. The van der Waals surface area contributed by atoms with Crippen LogP contribution in [0.1, 0.15) is 21.5 Å². The second-order valence-corrected chi connectivity index (χ2v) is 6.95. The molecule has 2 amide bonds. The number of nitrogens with two attached hydrogens (primary N) is 1. The molecule has 0 saturated carbocycles. The predicted octanol–water partition coefficient (Wildman–Crippen LogP) is 0.0181. The van der Waals surface area contributed by atoms with E-state index < -0.39 is 12.2 Å². The van der Waals surface area contributed by atoms with Crippen molar-refractivity contribution in [1.29, 1.82) is 0 Å². The summed E-state index contributed by atoms with van der Waals surface area (Å²) in [5.41, 5.74) is 7.97. The van der Waals surface area contributed by atoms with Crippen LogP contribution in [-0.4, -0.2) is 58.8 Å². The highest BCUT2D eigenvalue weighted by Gasteiger charge is 2.32. The number of nitrogens with zero attached hydrogens (tertiary/aromatic N) is 1. The number of amides is 2. The number of benzene rings is 2. The van der Waals surface area contributed by atoms with E-state index >= 15 is 0 Å². The quantitative estimate of drug-likeness (QED) is 0.520. The third kappa shape index (κ3) is 5.54.